The van der Waals surface area contributed by atoms with Crippen LogP contribution in [0.15, 0.2) is 29.6 Å². The predicted molar refractivity (Wildman–Crippen MR) is 87.1 cm³/mol. The molecule has 0 saturated carbocycles. The summed E-state index contributed by atoms with van der Waals surface area (Å²) in [6.07, 6.45) is 5.18. The molecule has 1 aromatic heterocycles. The number of fused-ring (bicyclic) bond motifs is 1. The molecule has 0 aliphatic heterocycles. The smallest absolute Gasteiger partial charge is 0.0468 e. The van der Waals surface area contributed by atoms with Crippen LogP contribution in [0, 0.1) is 0 Å². The van der Waals surface area contributed by atoms with E-state index < -0.39 is 0 Å². The number of aryl methyl sites for hydroxylation is 2. The van der Waals surface area contributed by atoms with E-state index in [-0.39, 0.29) is 0 Å². The molecule has 1 heterocycles. The second kappa shape index (κ2) is 5.98. The molecule has 20 heavy (non-hydrogen) atoms. The van der Waals surface area contributed by atoms with Gasteiger partial charge in [-0.25, -0.2) is 0 Å². The van der Waals surface area contributed by atoms with Crippen molar-refractivity contribution in [3.8, 4) is 0 Å². The molecule has 0 radical (unpaired) electrons. The van der Waals surface area contributed by atoms with E-state index >= 15 is 0 Å². The topological polar surface area (TPSA) is 38.0 Å². The maximum absolute atomic E-state index is 5.93. The third-order valence-corrected chi connectivity index (χ3v) is 5.16. The highest BCUT2D eigenvalue weighted by molar-refractivity contribution is 7.10. The summed E-state index contributed by atoms with van der Waals surface area (Å²) in [4.78, 5) is 1.23. The molecule has 3 rings (SSSR count). The van der Waals surface area contributed by atoms with Crippen LogP contribution in [0.1, 0.15) is 47.4 Å². The summed E-state index contributed by atoms with van der Waals surface area (Å²) in [6, 6.07) is 9.33. The standard InChI is InChI=1S/C17H22N2S/c1-12(19-11-17-16(18)8-9-20-17)14-7-6-13-4-2-3-5-15(13)10-14/h6-10,12,19H,2-5,11,18H2,1H3. The summed E-state index contributed by atoms with van der Waals surface area (Å²) in [5, 5.41) is 5.63. The average Bonchev–Trinajstić information content (AvgIpc) is 2.89. The van der Waals surface area contributed by atoms with E-state index in [0.29, 0.717) is 6.04 Å². The number of anilines is 1. The second-order valence-corrected chi connectivity index (χ2v) is 6.64. The Bertz CT molecular complexity index is 588. The van der Waals surface area contributed by atoms with Gasteiger partial charge < -0.3 is 11.1 Å². The molecule has 1 aliphatic carbocycles. The van der Waals surface area contributed by atoms with E-state index in [9.17, 15) is 0 Å². The maximum atomic E-state index is 5.93. The Morgan fingerprint density at radius 1 is 1.20 bits per heavy atom. The van der Waals surface area contributed by atoms with Crippen molar-refractivity contribution in [3.05, 3.63) is 51.2 Å². The van der Waals surface area contributed by atoms with Crippen LogP contribution in [0.4, 0.5) is 5.69 Å². The van der Waals surface area contributed by atoms with Gasteiger partial charge in [-0.3, -0.25) is 0 Å². The van der Waals surface area contributed by atoms with Crippen molar-refractivity contribution in [2.24, 2.45) is 0 Å². The fourth-order valence-electron chi connectivity index (χ4n) is 2.88. The van der Waals surface area contributed by atoms with Crippen molar-refractivity contribution in [1.29, 1.82) is 0 Å². The third-order valence-electron chi connectivity index (χ3n) is 4.22. The van der Waals surface area contributed by atoms with E-state index in [1.165, 1.54) is 36.1 Å². The molecule has 0 saturated heterocycles. The fourth-order valence-corrected chi connectivity index (χ4v) is 3.63. The van der Waals surface area contributed by atoms with Crippen LogP contribution < -0.4 is 11.1 Å². The first-order valence-corrected chi connectivity index (χ1v) is 8.29. The van der Waals surface area contributed by atoms with Gasteiger partial charge >= 0.3 is 0 Å². The number of nitrogens with one attached hydrogen (secondary N) is 1. The highest BCUT2D eigenvalue weighted by atomic mass is 32.1. The molecule has 1 aliphatic rings. The van der Waals surface area contributed by atoms with Crippen molar-refractivity contribution in [1.82, 2.24) is 5.32 Å². The van der Waals surface area contributed by atoms with Gasteiger partial charge in [0.1, 0.15) is 0 Å². The van der Waals surface area contributed by atoms with Gasteiger partial charge in [-0.2, -0.15) is 0 Å². The minimum atomic E-state index is 0.365. The van der Waals surface area contributed by atoms with Crippen LogP contribution >= 0.6 is 11.3 Å². The Morgan fingerprint density at radius 3 is 2.75 bits per heavy atom. The van der Waals surface area contributed by atoms with Gasteiger partial charge in [0.2, 0.25) is 0 Å². The maximum Gasteiger partial charge on any atom is 0.0468 e. The van der Waals surface area contributed by atoms with Crippen LogP contribution in [0.3, 0.4) is 0 Å². The van der Waals surface area contributed by atoms with Gasteiger partial charge in [0.15, 0.2) is 0 Å². The van der Waals surface area contributed by atoms with E-state index in [1.807, 2.05) is 6.07 Å². The van der Waals surface area contributed by atoms with Crippen LogP contribution in [-0.2, 0) is 19.4 Å². The zero-order valence-corrected chi connectivity index (χ0v) is 12.8. The summed E-state index contributed by atoms with van der Waals surface area (Å²) in [5.74, 6) is 0. The number of hydrogen-bond acceptors (Lipinski definition) is 3. The first kappa shape index (κ1) is 13.7. The summed E-state index contributed by atoms with van der Waals surface area (Å²) < 4.78 is 0. The number of hydrogen-bond donors (Lipinski definition) is 2. The van der Waals surface area contributed by atoms with Crippen LogP contribution in [0.25, 0.3) is 0 Å². The van der Waals surface area contributed by atoms with Crippen LogP contribution in [0.2, 0.25) is 0 Å². The van der Waals surface area contributed by atoms with Gasteiger partial charge in [-0.05, 0) is 60.7 Å². The molecule has 1 unspecified atom stereocenters. The molecule has 3 N–H and O–H groups in total. The Kier molecular flexibility index (Phi) is 4.08. The Balaban J connectivity index is 1.67. The van der Waals surface area contributed by atoms with Crippen molar-refractivity contribution >= 4 is 17.0 Å². The summed E-state index contributed by atoms with van der Waals surface area (Å²) >= 11 is 1.72. The normalized spacial score (nSPS) is 15.8. The number of thiophene rings is 1. The second-order valence-electron chi connectivity index (χ2n) is 5.64. The largest absolute Gasteiger partial charge is 0.398 e. The summed E-state index contributed by atoms with van der Waals surface area (Å²) in [7, 11) is 0. The minimum Gasteiger partial charge on any atom is -0.398 e. The lowest BCUT2D eigenvalue weighted by molar-refractivity contribution is 0.577. The molecule has 0 bridgehead atoms. The predicted octanol–water partition coefficient (Wildman–Crippen LogP) is 4.06. The van der Waals surface area contributed by atoms with Crippen molar-refractivity contribution in [2.45, 2.75) is 45.2 Å². The number of benzene rings is 1. The first-order chi connectivity index (χ1) is 9.74. The van der Waals surface area contributed by atoms with Gasteiger partial charge in [0.25, 0.3) is 0 Å². The Labute approximate surface area is 125 Å². The van der Waals surface area contributed by atoms with E-state index in [0.717, 1.165) is 12.2 Å². The van der Waals surface area contributed by atoms with Crippen molar-refractivity contribution in [2.75, 3.05) is 5.73 Å². The molecule has 2 nitrogen and oxygen atoms in total. The van der Waals surface area contributed by atoms with E-state index in [4.69, 9.17) is 5.73 Å². The Hall–Kier alpha value is -1.32. The highest BCUT2D eigenvalue weighted by Crippen LogP contribution is 2.25. The molecule has 2 aromatic rings. The molecule has 0 spiro atoms. The zero-order chi connectivity index (χ0) is 13.9. The van der Waals surface area contributed by atoms with Gasteiger partial charge in [-0.1, -0.05) is 18.2 Å². The SMILES string of the molecule is CC(NCc1sccc1N)c1ccc2c(c1)CCCC2. The van der Waals surface area contributed by atoms with Gasteiger partial charge in [0.05, 0.1) is 0 Å². The molecule has 1 atom stereocenters. The lowest BCUT2D eigenvalue weighted by Gasteiger charge is -2.20. The lowest BCUT2D eigenvalue weighted by atomic mass is 9.89. The first-order valence-electron chi connectivity index (χ1n) is 7.41. The number of nitrogens with two attached hydrogens (primary N) is 1. The van der Waals surface area contributed by atoms with Crippen molar-refractivity contribution < 1.29 is 0 Å². The van der Waals surface area contributed by atoms with E-state index in [2.05, 4.69) is 35.8 Å². The third kappa shape index (κ3) is 2.89. The number of rotatable bonds is 4. The Morgan fingerprint density at radius 2 is 2.00 bits per heavy atom. The summed E-state index contributed by atoms with van der Waals surface area (Å²) in [6.45, 7) is 3.08. The minimum absolute atomic E-state index is 0.365. The molecular formula is C17H22N2S. The van der Waals surface area contributed by atoms with E-state index in [1.54, 1.807) is 22.5 Å². The summed E-state index contributed by atoms with van der Waals surface area (Å²) in [5.41, 5.74) is 11.3. The molecule has 3 heteroatoms. The van der Waals surface area contributed by atoms with Crippen LogP contribution in [0.5, 0.6) is 0 Å². The fraction of sp³-hybridized carbons (Fsp3) is 0.412. The van der Waals surface area contributed by atoms with Crippen LogP contribution in [-0.4, -0.2) is 0 Å². The van der Waals surface area contributed by atoms with Crippen molar-refractivity contribution in [3.63, 3.8) is 0 Å². The highest BCUT2D eigenvalue weighted by Gasteiger charge is 2.12. The molecular weight excluding hydrogens is 264 g/mol. The average molecular weight is 286 g/mol. The molecule has 1 aromatic carbocycles. The van der Waals surface area contributed by atoms with Gasteiger partial charge in [0, 0.05) is 23.2 Å². The van der Waals surface area contributed by atoms with Gasteiger partial charge in [-0.15, -0.1) is 11.3 Å². The monoisotopic (exact) mass is 286 g/mol. The zero-order valence-electron chi connectivity index (χ0n) is 12.0. The number of nitrogen functional groups attached to an aromatic ring is 1. The quantitative estimate of drug-likeness (QED) is 0.889. The lowest BCUT2D eigenvalue weighted by Crippen LogP contribution is -2.18. The molecule has 0 fully saturated rings. The molecule has 106 valence electrons. The molecule has 0 amide bonds.